The number of ether oxygens (including phenoxy) is 1. The van der Waals surface area contributed by atoms with Gasteiger partial charge in [0.25, 0.3) is 0 Å². The van der Waals surface area contributed by atoms with E-state index in [1.165, 1.54) is 38.6 Å². The van der Waals surface area contributed by atoms with Crippen LogP contribution in [-0.4, -0.2) is 10.6 Å². The van der Waals surface area contributed by atoms with E-state index in [0.29, 0.717) is 0 Å². The van der Waals surface area contributed by atoms with Gasteiger partial charge in [-0.25, -0.2) is 4.98 Å². The summed E-state index contributed by atoms with van der Waals surface area (Å²) in [6.45, 7) is 4.46. The minimum atomic E-state index is -0.634. The van der Waals surface area contributed by atoms with Crippen LogP contribution in [0.2, 0.25) is 0 Å². The smallest absolute Gasteiger partial charge is 0.132 e. The third-order valence-corrected chi connectivity index (χ3v) is 10.7. The molecule has 9 rings (SSSR count). The maximum Gasteiger partial charge on any atom is 0.132 e. The largest absolute Gasteiger partial charge is 0.482 e. The van der Waals surface area contributed by atoms with Crippen molar-refractivity contribution in [3.63, 3.8) is 0 Å². The lowest BCUT2D eigenvalue weighted by Gasteiger charge is -2.51. The number of allylic oxidation sites excluding steroid dienone is 2. The van der Waals surface area contributed by atoms with Gasteiger partial charge in [0, 0.05) is 23.1 Å². The molecule has 0 fully saturated rings. The second-order valence-electron chi connectivity index (χ2n) is 13.6. The molecule has 1 aliphatic carbocycles. The maximum atomic E-state index is 6.94. The van der Waals surface area contributed by atoms with Crippen molar-refractivity contribution in [3.8, 4) is 39.4 Å². The van der Waals surface area contributed by atoms with Crippen LogP contribution in [0.15, 0.2) is 182 Å². The van der Waals surface area contributed by atoms with Crippen LogP contribution in [0.4, 0.5) is 0 Å². The van der Waals surface area contributed by atoms with E-state index in [-0.39, 0.29) is 0 Å². The minimum absolute atomic E-state index is 0.532. The molecule has 0 radical (unpaired) electrons. The maximum absolute atomic E-state index is 6.94. The topological polar surface area (TPSA) is 22.1 Å². The van der Waals surface area contributed by atoms with Crippen LogP contribution >= 0.6 is 0 Å². The van der Waals surface area contributed by atoms with Crippen LogP contribution in [0.1, 0.15) is 35.6 Å². The van der Waals surface area contributed by atoms with Crippen LogP contribution in [0, 0.1) is 6.92 Å². The van der Waals surface area contributed by atoms with Crippen molar-refractivity contribution in [2.45, 2.75) is 31.3 Å². The van der Waals surface area contributed by atoms with Crippen LogP contribution in [0.25, 0.3) is 44.4 Å². The zero-order valence-electron chi connectivity index (χ0n) is 28.3. The van der Waals surface area contributed by atoms with E-state index in [1.807, 2.05) is 0 Å². The summed E-state index contributed by atoms with van der Waals surface area (Å²) >= 11 is 0. The Kier molecular flexibility index (Phi) is 7.14. The lowest BCUT2D eigenvalue weighted by molar-refractivity contribution is 0.102. The van der Waals surface area contributed by atoms with Gasteiger partial charge in [0.2, 0.25) is 0 Å². The van der Waals surface area contributed by atoms with Crippen LogP contribution in [0.3, 0.4) is 0 Å². The summed E-state index contributed by atoms with van der Waals surface area (Å²) in [7, 11) is 0. The quantitative estimate of drug-likeness (QED) is 0.186. The van der Waals surface area contributed by atoms with Gasteiger partial charge in [0.15, 0.2) is 0 Å². The highest BCUT2D eigenvalue weighted by atomic mass is 16.5. The summed E-state index contributed by atoms with van der Waals surface area (Å²) in [5.74, 6) is 0.916. The molecule has 0 amide bonds. The fourth-order valence-corrected chi connectivity index (χ4v) is 8.46. The SMILES string of the molecule is Cc1c(-c2cccc3ccccc23)cc(-c2ccccc2C2(c3ccccc3)C3=CC=CCC3(C)Oc3ccccc32)nc1-c1ccccc1. The molecule has 2 atom stereocenters. The Bertz CT molecular complexity index is 2450. The molecule has 240 valence electrons. The Hall–Kier alpha value is -5.99. The summed E-state index contributed by atoms with van der Waals surface area (Å²) in [4.78, 5) is 5.57. The number of nitrogens with zero attached hydrogens (tertiary/aromatic N) is 1. The summed E-state index contributed by atoms with van der Waals surface area (Å²) in [5.41, 5.74) is 11.3. The van der Waals surface area contributed by atoms with Gasteiger partial charge in [0.05, 0.1) is 16.8 Å². The van der Waals surface area contributed by atoms with E-state index >= 15 is 0 Å². The van der Waals surface area contributed by atoms with E-state index in [2.05, 4.69) is 190 Å². The molecule has 2 aliphatic rings. The first-order chi connectivity index (χ1) is 24.6. The van der Waals surface area contributed by atoms with Gasteiger partial charge < -0.3 is 4.74 Å². The van der Waals surface area contributed by atoms with Crippen molar-refractivity contribution in [3.05, 3.63) is 204 Å². The highest BCUT2D eigenvalue weighted by Crippen LogP contribution is 2.59. The molecule has 0 bridgehead atoms. The normalized spacial score (nSPS) is 19.3. The highest BCUT2D eigenvalue weighted by Gasteiger charge is 2.54. The van der Waals surface area contributed by atoms with Crippen molar-refractivity contribution in [1.29, 1.82) is 0 Å². The fourth-order valence-electron chi connectivity index (χ4n) is 8.46. The number of para-hydroxylation sites is 1. The van der Waals surface area contributed by atoms with Crippen molar-refractivity contribution >= 4 is 10.8 Å². The van der Waals surface area contributed by atoms with Gasteiger partial charge in [-0.2, -0.15) is 0 Å². The van der Waals surface area contributed by atoms with Gasteiger partial charge in [0.1, 0.15) is 11.4 Å². The molecule has 0 saturated carbocycles. The average Bonchev–Trinajstić information content (AvgIpc) is 3.17. The molecular weight excluding hydrogens is 607 g/mol. The Morgan fingerprint density at radius 2 is 1.28 bits per heavy atom. The summed E-state index contributed by atoms with van der Waals surface area (Å²) in [6.07, 6.45) is 7.51. The highest BCUT2D eigenvalue weighted by molar-refractivity contribution is 5.99. The zero-order chi connectivity index (χ0) is 33.7. The molecule has 1 aliphatic heterocycles. The predicted octanol–water partition coefficient (Wildman–Crippen LogP) is 11.9. The van der Waals surface area contributed by atoms with Gasteiger partial charge in [-0.05, 0) is 70.1 Å². The molecule has 7 aromatic rings. The number of pyridine rings is 1. The van der Waals surface area contributed by atoms with Gasteiger partial charge in [-0.3, -0.25) is 0 Å². The lowest BCUT2D eigenvalue weighted by atomic mass is 9.57. The van der Waals surface area contributed by atoms with E-state index in [1.54, 1.807) is 0 Å². The van der Waals surface area contributed by atoms with E-state index in [9.17, 15) is 0 Å². The monoisotopic (exact) mass is 643 g/mol. The molecule has 2 nitrogen and oxygen atoms in total. The molecule has 1 aromatic heterocycles. The standard InChI is InChI=1S/C48H37NO/c1-33-40(38-26-17-21-34-18-9-10-24-37(34)38)32-43(49-46(33)35-19-5-3-6-20-35)39-25-11-12-27-41(39)48(36-22-7-4-8-23-36)42-28-13-14-29-44(42)50-47(2)31-16-15-30-45(47)48/h3-30,32H,31H2,1-2H3. The Balaban J connectivity index is 1.40. The third kappa shape index (κ3) is 4.59. The van der Waals surface area contributed by atoms with Gasteiger partial charge in [-0.15, -0.1) is 0 Å². The van der Waals surface area contributed by atoms with Crippen molar-refractivity contribution < 1.29 is 4.74 Å². The zero-order valence-corrected chi connectivity index (χ0v) is 28.3. The summed E-state index contributed by atoms with van der Waals surface area (Å²) in [5, 5.41) is 2.46. The van der Waals surface area contributed by atoms with Crippen LogP contribution in [0.5, 0.6) is 5.75 Å². The number of hydrogen-bond acceptors (Lipinski definition) is 2. The van der Waals surface area contributed by atoms with E-state index in [4.69, 9.17) is 9.72 Å². The second-order valence-corrected chi connectivity index (χ2v) is 13.6. The predicted molar refractivity (Wildman–Crippen MR) is 206 cm³/mol. The van der Waals surface area contributed by atoms with E-state index < -0.39 is 11.0 Å². The van der Waals surface area contributed by atoms with Gasteiger partial charge in [-0.1, -0.05) is 164 Å². The molecule has 2 unspecified atom stereocenters. The molecular formula is C48H37NO. The van der Waals surface area contributed by atoms with Gasteiger partial charge >= 0.3 is 0 Å². The molecule has 2 heteroatoms. The Labute approximate surface area is 294 Å². The summed E-state index contributed by atoms with van der Waals surface area (Å²) in [6, 6.07) is 56.7. The first-order valence-corrected chi connectivity index (χ1v) is 17.4. The number of fused-ring (bicyclic) bond motifs is 3. The number of hydrogen-bond donors (Lipinski definition) is 0. The fraction of sp³-hybridized carbons (Fsp3) is 0.104. The molecule has 0 spiro atoms. The first kappa shape index (κ1) is 30.1. The summed E-state index contributed by atoms with van der Waals surface area (Å²) < 4.78 is 6.94. The van der Waals surface area contributed by atoms with Crippen molar-refractivity contribution in [1.82, 2.24) is 4.98 Å². The van der Waals surface area contributed by atoms with Crippen LogP contribution in [-0.2, 0) is 5.41 Å². The van der Waals surface area contributed by atoms with E-state index in [0.717, 1.165) is 45.8 Å². The van der Waals surface area contributed by atoms with Crippen LogP contribution < -0.4 is 4.74 Å². The second kappa shape index (κ2) is 11.9. The molecule has 0 saturated heterocycles. The molecule has 50 heavy (non-hydrogen) atoms. The molecule has 6 aromatic carbocycles. The first-order valence-electron chi connectivity index (χ1n) is 17.4. The third-order valence-electron chi connectivity index (χ3n) is 10.7. The Morgan fingerprint density at radius 1 is 0.620 bits per heavy atom. The minimum Gasteiger partial charge on any atom is -0.482 e. The average molecular weight is 644 g/mol. The number of aromatic nitrogens is 1. The Morgan fingerprint density at radius 3 is 2.12 bits per heavy atom. The van der Waals surface area contributed by atoms with Crippen molar-refractivity contribution in [2.24, 2.45) is 0 Å². The number of benzene rings is 6. The van der Waals surface area contributed by atoms with Crippen molar-refractivity contribution in [2.75, 3.05) is 0 Å². The molecule has 2 heterocycles. The number of rotatable bonds is 5. The lowest BCUT2D eigenvalue weighted by Crippen LogP contribution is -2.50. The molecule has 0 N–H and O–H groups in total.